The third-order valence-corrected chi connectivity index (χ3v) is 3.94. The summed E-state index contributed by atoms with van der Waals surface area (Å²) in [4.78, 5) is 26.9. The van der Waals surface area contributed by atoms with Crippen LogP contribution in [-0.2, 0) is 9.59 Å². The fraction of sp³-hybridized carbons (Fsp3) is 0.167. The second kappa shape index (κ2) is 8.18. The molecule has 0 fully saturated rings. The van der Waals surface area contributed by atoms with E-state index in [0.29, 0.717) is 17.9 Å². The molecule has 0 saturated carbocycles. The van der Waals surface area contributed by atoms with Gasteiger partial charge in [-0.15, -0.1) is 0 Å². The Morgan fingerprint density at radius 2 is 1.92 bits per heavy atom. The molecular formula is C18H17N3O2S. The zero-order chi connectivity index (χ0) is 17.5. The van der Waals surface area contributed by atoms with Crippen LogP contribution in [-0.4, -0.2) is 18.4 Å². The van der Waals surface area contributed by atoms with Gasteiger partial charge in [-0.25, -0.2) is 0 Å². The van der Waals surface area contributed by atoms with Gasteiger partial charge in [0.1, 0.15) is 5.40 Å². The minimum atomic E-state index is -0.695. The summed E-state index contributed by atoms with van der Waals surface area (Å²) >= 11 is 1.03. The second-order valence-corrected chi connectivity index (χ2v) is 5.92. The predicted octanol–water partition coefficient (Wildman–Crippen LogP) is 3.56. The topological polar surface area (TPSA) is 73.2 Å². The highest BCUT2D eigenvalue weighted by molar-refractivity contribution is 8.03. The number of amides is 2. The average molecular weight is 339 g/mol. The average Bonchev–Trinajstić information content (AvgIpc) is 2.57. The van der Waals surface area contributed by atoms with Gasteiger partial charge in [0.15, 0.2) is 0 Å². The number of anilines is 2. The molecule has 0 aliphatic carbocycles. The Labute approximate surface area is 145 Å². The molecule has 24 heavy (non-hydrogen) atoms. The van der Waals surface area contributed by atoms with Crippen molar-refractivity contribution in [3.63, 3.8) is 0 Å². The molecule has 1 N–H and O–H groups in total. The van der Waals surface area contributed by atoms with E-state index >= 15 is 0 Å². The Bertz CT molecular complexity index is 782. The van der Waals surface area contributed by atoms with Gasteiger partial charge in [0.2, 0.25) is 0 Å². The van der Waals surface area contributed by atoms with Crippen LogP contribution in [0, 0.1) is 17.6 Å². The molecule has 0 saturated heterocycles. The number of rotatable bonds is 4. The lowest BCUT2D eigenvalue weighted by Gasteiger charge is -2.20. The van der Waals surface area contributed by atoms with E-state index in [1.807, 2.05) is 37.4 Å². The standard InChI is InChI=1S/C18H17N3O2S/c1-3-21(15-6-4-5-13(2)11-15)18(23)17(22)20-14-7-9-16(10-8-14)24-12-19/h4-11H,3H2,1-2H3,(H,20,22). The zero-order valence-electron chi connectivity index (χ0n) is 13.4. The van der Waals surface area contributed by atoms with Gasteiger partial charge in [-0.3, -0.25) is 9.59 Å². The van der Waals surface area contributed by atoms with Gasteiger partial charge < -0.3 is 10.2 Å². The minimum absolute atomic E-state index is 0.396. The number of aryl methyl sites for hydroxylation is 1. The van der Waals surface area contributed by atoms with Crippen molar-refractivity contribution in [1.29, 1.82) is 5.26 Å². The first-order chi connectivity index (χ1) is 11.5. The zero-order valence-corrected chi connectivity index (χ0v) is 14.3. The molecule has 0 unspecified atom stereocenters. The molecular weight excluding hydrogens is 322 g/mol. The van der Waals surface area contributed by atoms with Gasteiger partial charge in [0.25, 0.3) is 0 Å². The fourth-order valence-corrected chi connectivity index (χ4v) is 2.58. The summed E-state index contributed by atoms with van der Waals surface area (Å²) in [5.41, 5.74) is 2.22. The number of likely N-dealkylation sites (N-methyl/N-ethyl adjacent to an activating group) is 1. The Morgan fingerprint density at radius 1 is 1.21 bits per heavy atom. The lowest BCUT2D eigenvalue weighted by atomic mass is 10.2. The monoisotopic (exact) mass is 339 g/mol. The lowest BCUT2D eigenvalue weighted by Crippen LogP contribution is -2.39. The third-order valence-electron chi connectivity index (χ3n) is 3.34. The number of thiocyanates is 1. The number of benzene rings is 2. The number of carbonyl (C=O) groups is 2. The highest BCUT2D eigenvalue weighted by atomic mass is 32.2. The molecule has 0 spiro atoms. The molecule has 6 heteroatoms. The molecule has 2 rings (SSSR count). The molecule has 2 amide bonds. The van der Waals surface area contributed by atoms with Gasteiger partial charge in [0, 0.05) is 22.8 Å². The number of carbonyl (C=O) groups excluding carboxylic acids is 2. The van der Waals surface area contributed by atoms with Crippen molar-refractivity contribution >= 4 is 35.0 Å². The first kappa shape index (κ1) is 17.6. The summed E-state index contributed by atoms with van der Waals surface area (Å²) in [6.07, 6.45) is 0. The molecule has 0 aliphatic heterocycles. The van der Waals surface area contributed by atoms with Crippen LogP contribution in [0.5, 0.6) is 0 Å². The van der Waals surface area contributed by atoms with Crippen LogP contribution >= 0.6 is 11.8 Å². The van der Waals surface area contributed by atoms with E-state index in [9.17, 15) is 9.59 Å². The molecule has 0 radical (unpaired) electrons. The summed E-state index contributed by atoms with van der Waals surface area (Å²) in [5.74, 6) is -1.31. The molecule has 2 aromatic rings. The van der Waals surface area contributed by atoms with Gasteiger partial charge >= 0.3 is 11.8 Å². The maximum atomic E-state index is 12.4. The summed E-state index contributed by atoms with van der Waals surface area (Å²) in [6, 6.07) is 14.2. The van der Waals surface area contributed by atoms with Crippen LogP contribution in [0.3, 0.4) is 0 Å². The molecule has 0 heterocycles. The Balaban J connectivity index is 2.10. The van der Waals surface area contributed by atoms with Crippen LogP contribution in [0.1, 0.15) is 12.5 Å². The molecule has 122 valence electrons. The van der Waals surface area contributed by atoms with E-state index in [1.54, 1.807) is 30.3 Å². The molecule has 0 bridgehead atoms. The number of nitrogens with one attached hydrogen (secondary N) is 1. The Hall–Kier alpha value is -2.78. The van der Waals surface area contributed by atoms with E-state index in [-0.39, 0.29) is 0 Å². The first-order valence-corrected chi connectivity index (χ1v) is 8.22. The van der Waals surface area contributed by atoms with Gasteiger partial charge in [-0.05, 0) is 67.6 Å². The van der Waals surface area contributed by atoms with Crippen LogP contribution < -0.4 is 10.2 Å². The number of hydrogen-bond donors (Lipinski definition) is 1. The summed E-state index contributed by atoms with van der Waals surface area (Å²) in [6.45, 7) is 4.15. The summed E-state index contributed by atoms with van der Waals surface area (Å²) in [7, 11) is 0. The van der Waals surface area contributed by atoms with Crippen LogP contribution in [0.2, 0.25) is 0 Å². The highest BCUT2D eigenvalue weighted by Gasteiger charge is 2.22. The molecule has 0 aliphatic rings. The van der Waals surface area contributed by atoms with E-state index in [2.05, 4.69) is 5.32 Å². The first-order valence-electron chi connectivity index (χ1n) is 7.40. The Kier molecular flexibility index (Phi) is 5.99. The maximum Gasteiger partial charge on any atom is 0.316 e. The smallest absolute Gasteiger partial charge is 0.316 e. The number of thioether (sulfide) groups is 1. The van der Waals surface area contributed by atoms with E-state index in [4.69, 9.17) is 5.26 Å². The van der Waals surface area contributed by atoms with Crippen LogP contribution in [0.25, 0.3) is 0 Å². The van der Waals surface area contributed by atoms with E-state index in [0.717, 1.165) is 22.2 Å². The summed E-state index contributed by atoms with van der Waals surface area (Å²) in [5, 5.41) is 13.2. The van der Waals surface area contributed by atoms with Crippen molar-refractivity contribution < 1.29 is 9.59 Å². The van der Waals surface area contributed by atoms with E-state index in [1.165, 1.54) is 4.90 Å². The lowest BCUT2D eigenvalue weighted by molar-refractivity contribution is -0.134. The van der Waals surface area contributed by atoms with Crippen molar-refractivity contribution in [3.05, 3.63) is 54.1 Å². The van der Waals surface area contributed by atoms with Gasteiger partial charge in [-0.1, -0.05) is 12.1 Å². The van der Waals surface area contributed by atoms with E-state index < -0.39 is 11.8 Å². The SMILES string of the molecule is CCN(C(=O)C(=O)Nc1ccc(SC#N)cc1)c1cccc(C)c1. The second-order valence-electron chi connectivity index (χ2n) is 5.06. The van der Waals surface area contributed by atoms with Crippen molar-refractivity contribution in [3.8, 4) is 5.40 Å². The largest absolute Gasteiger partial charge is 0.318 e. The Morgan fingerprint density at radius 3 is 2.50 bits per heavy atom. The summed E-state index contributed by atoms with van der Waals surface area (Å²) < 4.78 is 0. The molecule has 0 aromatic heterocycles. The molecule has 5 nitrogen and oxygen atoms in total. The highest BCUT2D eigenvalue weighted by Crippen LogP contribution is 2.20. The van der Waals surface area contributed by atoms with Crippen LogP contribution in [0.15, 0.2) is 53.4 Å². The third kappa shape index (κ3) is 4.37. The predicted molar refractivity (Wildman–Crippen MR) is 95.7 cm³/mol. The minimum Gasteiger partial charge on any atom is -0.318 e. The van der Waals surface area contributed by atoms with Gasteiger partial charge in [0.05, 0.1) is 0 Å². The molecule has 0 atom stereocenters. The van der Waals surface area contributed by atoms with Crippen molar-refractivity contribution in [2.75, 3.05) is 16.8 Å². The molecule has 2 aromatic carbocycles. The van der Waals surface area contributed by atoms with Crippen molar-refractivity contribution in [1.82, 2.24) is 0 Å². The van der Waals surface area contributed by atoms with Crippen LogP contribution in [0.4, 0.5) is 11.4 Å². The fourth-order valence-electron chi connectivity index (χ4n) is 2.21. The number of nitriles is 1. The number of nitrogens with zero attached hydrogens (tertiary/aromatic N) is 2. The van der Waals surface area contributed by atoms with Gasteiger partial charge in [-0.2, -0.15) is 5.26 Å². The normalized spacial score (nSPS) is 9.88. The van der Waals surface area contributed by atoms with Crippen molar-refractivity contribution in [2.24, 2.45) is 0 Å². The quantitative estimate of drug-likeness (QED) is 0.525. The maximum absolute atomic E-state index is 12.4. The van der Waals surface area contributed by atoms with Crippen molar-refractivity contribution in [2.45, 2.75) is 18.7 Å². The number of hydrogen-bond acceptors (Lipinski definition) is 4.